The highest BCUT2D eigenvalue weighted by Gasteiger charge is 2.23. The van der Waals surface area contributed by atoms with E-state index in [2.05, 4.69) is 46.4 Å². The lowest BCUT2D eigenvalue weighted by Crippen LogP contribution is -2.53. The second-order valence-electron chi connectivity index (χ2n) is 7.75. The van der Waals surface area contributed by atoms with E-state index >= 15 is 0 Å². The fraction of sp³-hybridized carbons (Fsp3) is 0.458. The van der Waals surface area contributed by atoms with Gasteiger partial charge in [0.2, 0.25) is 5.91 Å². The van der Waals surface area contributed by atoms with Crippen LogP contribution in [-0.4, -0.2) is 68.1 Å². The number of amides is 1. The highest BCUT2D eigenvalue weighted by atomic mass is 16.5. The Bertz CT molecular complexity index is 715. The van der Waals surface area contributed by atoms with E-state index in [0.29, 0.717) is 25.6 Å². The first-order chi connectivity index (χ1) is 14.2. The third kappa shape index (κ3) is 7.52. The Kier molecular flexibility index (Phi) is 8.53. The Morgan fingerprint density at radius 1 is 1.00 bits per heavy atom. The molecule has 156 valence electrons. The predicted octanol–water partition coefficient (Wildman–Crippen LogP) is 2.82. The summed E-state index contributed by atoms with van der Waals surface area (Å²) in [4.78, 5) is 17.2. The van der Waals surface area contributed by atoms with E-state index in [-0.39, 0.29) is 5.91 Å². The van der Waals surface area contributed by atoms with Crippen LogP contribution in [0.4, 0.5) is 0 Å². The molecule has 1 unspecified atom stereocenters. The van der Waals surface area contributed by atoms with Gasteiger partial charge in [-0.15, -0.1) is 0 Å². The molecule has 1 amide bonds. The summed E-state index contributed by atoms with van der Waals surface area (Å²) in [6.45, 7) is 5.51. The van der Waals surface area contributed by atoms with Crippen molar-refractivity contribution in [2.24, 2.45) is 0 Å². The number of para-hydroxylation sites is 1. The van der Waals surface area contributed by atoms with E-state index in [9.17, 15) is 4.79 Å². The van der Waals surface area contributed by atoms with Gasteiger partial charge in [-0.3, -0.25) is 9.69 Å². The summed E-state index contributed by atoms with van der Waals surface area (Å²) < 4.78 is 5.67. The van der Waals surface area contributed by atoms with E-state index < -0.39 is 0 Å². The number of ether oxygens (including phenoxy) is 1. The summed E-state index contributed by atoms with van der Waals surface area (Å²) in [5.74, 6) is 0.958. The van der Waals surface area contributed by atoms with Crippen LogP contribution in [0.1, 0.15) is 18.4 Å². The number of nitrogens with zero attached hydrogens (tertiary/aromatic N) is 2. The number of carbonyl (C=O) groups is 1. The van der Waals surface area contributed by atoms with Gasteiger partial charge in [0.05, 0.1) is 6.61 Å². The van der Waals surface area contributed by atoms with Gasteiger partial charge >= 0.3 is 0 Å². The van der Waals surface area contributed by atoms with E-state index in [4.69, 9.17) is 4.74 Å². The number of hydrogen-bond donors (Lipinski definition) is 1. The largest absolute Gasteiger partial charge is 0.494 e. The van der Waals surface area contributed by atoms with Crippen molar-refractivity contribution in [1.29, 1.82) is 0 Å². The molecule has 1 fully saturated rings. The molecule has 0 spiro atoms. The van der Waals surface area contributed by atoms with Gasteiger partial charge in [0, 0.05) is 45.2 Å². The smallest absolute Gasteiger partial charge is 0.220 e. The summed E-state index contributed by atoms with van der Waals surface area (Å²) in [6, 6.07) is 20.6. The lowest BCUT2D eigenvalue weighted by atomic mass is 10.0. The normalized spacial score (nSPS) is 16.3. The number of piperazine rings is 1. The molecule has 1 atom stereocenters. The first-order valence-corrected chi connectivity index (χ1v) is 10.6. The van der Waals surface area contributed by atoms with Crippen LogP contribution in [0.25, 0.3) is 0 Å². The monoisotopic (exact) mass is 395 g/mol. The molecule has 0 saturated carbocycles. The molecule has 0 radical (unpaired) electrons. The molecular formula is C24H33N3O2. The fourth-order valence-electron chi connectivity index (χ4n) is 3.66. The van der Waals surface area contributed by atoms with E-state index in [1.807, 2.05) is 36.4 Å². The van der Waals surface area contributed by atoms with Gasteiger partial charge in [-0.1, -0.05) is 48.5 Å². The average molecular weight is 396 g/mol. The minimum absolute atomic E-state index is 0.105. The van der Waals surface area contributed by atoms with Gasteiger partial charge in [0.25, 0.3) is 0 Å². The van der Waals surface area contributed by atoms with E-state index in [1.54, 1.807) is 0 Å². The maximum Gasteiger partial charge on any atom is 0.220 e. The number of rotatable bonds is 10. The zero-order valence-electron chi connectivity index (χ0n) is 17.4. The van der Waals surface area contributed by atoms with Crippen LogP contribution in [0.5, 0.6) is 5.75 Å². The first kappa shape index (κ1) is 21.3. The zero-order chi connectivity index (χ0) is 20.3. The standard InChI is InChI=1S/C24H33N3O2/c1-26-14-16-27(17-15-26)22(19-21-9-4-2-5-10-21)20-25-24(28)13-8-18-29-23-11-6-3-7-12-23/h2-7,9-12,22H,8,13-20H2,1H3,(H,25,28). The quantitative estimate of drug-likeness (QED) is 0.629. The minimum atomic E-state index is 0.105. The van der Waals surface area contributed by atoms with Crippen LogP contribution in [0.2, 0.25) is 0 Å². The molecule has 2 aromatic carbocycles. The molecule has 1 N–H and O–H groups in total. The topological polar surface area (TPSA) is 44.8 Å². The molecule has 1 heterocycles. The zero-order valence-corrected chi connectivity index (χ0v) is 17.4. The lowest BCUT2D eigenvalue weighted by Gasteiger charge is -2.38. The number of carbonyl (C=O) groups excluding carboxylic acids is 1. The lowest BCUT2D eigenvalue weighted by molar-refractivity contribution is -0.121. The van der Waals surface area contributed by atoms with Crippen molar-refractivity contribution in [2.45, 2.75) is 25.3 Å². The highest BCUT2D eigenvalue weighted by molar-refractivity contribution is 5.75. The van der Waals surface area contributed by atoms with Crippen molar-refractivity contribution in [3.63, 3.8) is 0 Å². The third-order valence-corrected chi connectivity index (χ3v) is 5.46. The molecule has 1 aliphatic heterocycles. The average Bonchev–Trinajstić information content (AvgIpc) is 2.76. The van der Waals surface area contributed by atoms with Gasteiger partial charge < -0.3 is 15.0 Å². The van der Waals surface area contributed by atoms with Gasteiger partial charge in [-0.25, -0.2) is 0 Å². The predicted molar refractivity (Wildman–Crippen MR) is 117 cm³/mol. The maximum absolute atomic E-state index is 12.4. The van der Waals surface area contributed by atoms with Crippen molar-refractivity contribution >= 4 is 5.91 Å². The van der Waals surface area contributed by atoms with Crippen LogP contribution in [-0.2, 0) is 11.2 Å². The molecular weight excluding hydrogens is 362 g/mol. The molecule has 1 saturated heterocycles. The SMILES string of the molecule is CN1CCN(C(CNC(=O)CCCOc2ccccc2)Cc2ccccc2)CC1. The van der Waals surface area contributed by atoms with Crippen LogP contribution in [0, 0.1) is 0 Å². The highest BCUT2D eigenvalue weighted by Crippen LogP contribution is 2.12. The molecule has 3 rings (SSSR count). The second kappa shape index (κ2) is 11.6. The fourth-order valence-corrected chi connectivity index (χ4v) is 3.66. The summed E-state index contributed by atoms with van der Waals surface area (Å²) in [6.07, 6.45) is 2.17. The summed E-state index contributed by atoms with van der Waals surface area (Å²) in [7, 11) is 2.17. The summed E-state index contributed by atoms with van der Waals surface area (Å²) in [5, 5.41) is 3.16. The molecule has 0 aromatic heterocycles. The van der Waals surface area contributed by atoms with Crippen LogP contribution in [0.15, 0.2) is 60.7 Å². The van der Waals surface area contributed by atoms with Gasteiger partial charge in [0.1, 0.15) is 5.75 Å². The van der Waals surface area contributed by atoms with E-state index in [0.717, 1.165) is 44.8 Å². The Hall–Kier alpha value is -2.37. The molecule has 2 aromatic rings. The van der Waals surface area contributed by atoms with Crippen LogP contribution < -0.4 is 10.1 Å². The number of benzene rings is 2. The molecule has 5 heteroatoms. The van der Waals surface area contributed by atoms with Crippen molar-refractivity contribution < 1.29 is 9.53 Å². The van der Waals surface area contributed by atoms with Gasteiger partial charge in [-0.2, -0.15) is 0 Å². The minimum Gasteiger partial charge on any atom is -0.494 e. The first-order valence-electron chi connectivity index (χ1n) is 10.6. The van der Waals surface area contributed by atoms with Crippen LogP contribution in [0.3, 0.4) is 0 Å². The Balaban J connectivity index is 1.43. The second-order valence-corrected chi connectivity index (χ2v) is 7.75. The van der Waals surface area contributed by atoms with Gasteiger partial charge in [0.15, 0.2) is 0 Å². The third-order valence-electron chi connectivity index (χ3n) is 5.46. The molecule has 29 heavy (non-hydrogen) atoms. The summed E-state index contributed by atoms with van der Waals surface area (Å²) in [5.41, 5.74) is 1.32. The molecule has 0 bridgehead atoms. The van der Waals surface area contributed by atoms with Gasteiger partial charge in [-0.05, 0) is 37.6 Å². The number of nitrogens with one attached hydrogen (secondary N) is 1. The van der Waals surface area contributed by atoms with E-state index in [1.165, 1.54) is 5.56 Å². The Morgan fingerprint density at radius 3 is 2.34 bits per heavy atom. The Labute approximate surface area is 174 Å². The summed E-state index contributed by atoms with van der Waals surface area (Å²) >= 11 is 0. The molecule has 5 nitrogen and oxygen atoms in total. The van der Waals surface area contributed by atoms with Crippen molar-refractivity contribution in [3.05, 3.63) is 66.2 Å². The Morgan fingerprint density at radius 2 is 1.66 bits per heavy atom. The molecule has 0 aliphatic carbocycles. The van der Waals surface area contributed by atoms with Crippen molar-refractivity contribution in [3.8, 4) is 5.75 Å². The van der Waals surface area contributed by atoms with Crippen molar-refractivity contribution in [1.82, 2.24) is 15.1 Å². The number of hydrogen-bond acceptors (Lipinski definition) is 4. The van der Waals surface area contributed by atoms with Crippen molar-refractivity contribution in [2.75, 3.05) is 46.4 Å². The van der Waals surface area contributed by atoms with Crippen LogP contribution >= 0.6 is 0 Å². The molecule has 1 aliphatic rings. The number of likely N-dealkylation sites (N-methyl/N-ethyl adjacent to an activating group) is 1. The maximum atomic E-state index is 12.4.